The highest BCUT2D eigenvalue weighted by Crippen LogP contribution is 2.25. The second kappa shape index (κ2) is 4.29. The molecule has 0 saturated heterocycles. The minimum atomic E-state index is -1.07. The van der Waals surface area contributed by atoms with Gasteiger partial charge in [-0.1, -0.05) is 26.0 Å². The largest absolute Gasteiger partial charge is 0.478 e. The SMILES string of the molecule is CC(C)c1cn(C)c(=O)c2c(C(=O)O)cccc12. The molecule has 0 bridgehead atoms. The molecule has 1 heterocycles. The van der Waals surface area contributed by atoms with Gasteiger partial charge in [-0.2, -0.15) is 0 Å². The molecule has 1 N–H and O–H groups in total. The highest BCUT2D eigenvalue weighted by Gasteiger charge is 2.16. The number of carboxylic acids is 1. The standard InChI is InChI=1S/C14H15NO3/c1-8(2)11-7-15(3)13(16)12-9(11)5-4-6-10(12)14(17)18/h4-8H,1-3H3,(H,17,18). The van der Waals surface area contributed by atoms with Gasteiger partial charge in [-0.15, -0.1) is 0 Å². The van der Waals surface area contributed by atoms with Crippen molar-refractivity contribution in [3.05, 3.63) is 45.9 Å². The molecule has 0 saturated carbocycles. The summed E-state index contributed by atoms with van der Waals surface area (Å²) in [5.41, 5.74) is 0.776. The second-order valence-electron chi connectivity index (χ2n) is 4.69. The molecule has 1 aromatic carbocycles. The van der Waals surface area contributed by atoms with Crippen molar-refractivity contribution < 1.29 is 9.90 Å². The van der Waals surface area contributed by atoms with E-state index in [1.54, 1.807) is 25.4 Å². The molecule has 0 aliphatic heterocycles. The fourth-order valence-corrected chi connectivity index (χ4v) is 2.17. The molecule has 0 fully saturated rings. The number of hydrogen-bond acceptors (Lipinski definition) is 2. The van der Waals surface area contributed by atoms with Crippen LogP contribution in [0, 0.1) is 0 Å². The van der Waals surface area contributed by atoms with Crippen LogP contribution in [0.2, 0.25) is 0 Å². The van der Waals surface area contributed by atoms with Crippen molar-refractivity contribution in [2.75, 3.05) is 0 Å². The Labute approximate surface area is 104 Å². The number of aromatic nitrogens is 1. The minimum Gasteiger partial charge on any atom is -0.478 e. The van der Waals surface area contributed by atoms with E-state index < -0.39 is 5.97 Å². The number of nitrogens with zero attached hydrogens (tertiary/aromatic N) is 1. The number of hydrogen-bond donors (Lipinski definition) is 1. The first kappa shape index (κ1) is 12.4. The number of aryl methyl sites for hydroxylation is 1. The van der Waals surface area contributed by atoms with Crippen LogP contribution in [0.1, 0.15) is 35.7 Å². The molecule has 0 radical (unpaired) electrons. The summed E-state index contributed by atoms with van der Waals surface area (Å²) in [7, 11) is 1.65. The first-order chi connectivity index (χ1) is 8.43. The van der Waals surface area contributed by atoms with Gasteiger partial charge in [-0.05, 0) is 22.9 Å². The van der Waals surface area contributed by atoms with Crippen LogP contribution in [0.5, 0.6) is 0 Å². The predicted octanol–water partition coefficient (Wildman–Crippen LogP) is 2.36. The number of pyridine rings is 1. The van der Waals surface area contributed by atoms with Crippen LogP contribution in [0.3, 0.4) is 0 Å². The van der Waals surface area contributed by atoms with Crippen LogP contribution < -0.4 is 5.56 Å². The van der Waals surface area contributed by atoms with Gasteiger partial charge in [0.25, 0.3) is 5.56 Å². The number of benzene rings is 1. The summed E-state index contributed by atoms with van der Waals surface area (Å²) in [6.45, 7) is 4.04. The summed E-state index contributed by atoms with van der Waals surface area (Å²) >= 11 is 0. The Morgan fingerprint density at radius 3 is 2.56 bits per heavy atom. The van der Waals surface area contributed by atoms with E-state index in [0.717, 1.165) is 10.9 Å². The zero-order valence-electron chi connectivity index (χ0n) is 10.6. The van der Waals surface area contributed by atoms with Crippen LogP contribution in [0.15, 0.2) is 29.2 Å². The monoisotopic (exact) mass is 245 g/mol. The van der Waals surface area contributed by atoms with Gasteiger partial charge in [0.05, 0.1) is 10.9 Å². The molecule has 0 amide bonds. The lowest BCUT2D eigenvalue weighted by Crippen LogP contribution is -2.20. The lowest BCUT2D eigenvalue weighted by Gasteiger charge is -2.13. The second-order valence-corrected chi connectivity index (χ2v) is 4.69. The highest BCUT2D eigenvalue weighted by molar-refractivity contribution is 6.04. The van der Waals surface area contributed by atoms with Gasteiger partial charge in [0.2, 0.25) is 0 Å². The maximum Gasteiger partial charge on any atom is 0.336 e. The van der Waals surface area contributed by atoms with E-state index in [2.05, 4.69) is 0 Å². The van der Waals surface area contributed by atoms with Gasteiger partial charge in [-0.3, -0.25) is 4.79 Å². The molecule has 2 aromatic rings. The fraction of sp³-hybridized carbons (Fsp3) is 0.286. The van der Waals surface area contributed by atoms with Crippen LogP contribution >= 0.6 is 0 Å². The third-order valence-corrected chi connectivity index (χ3v) is 3.09. The maximum absolute atomic E-state index is 12.1. The van der Waals surface area contributed by atoms with E-state index >= 15 is 0 Å². The molecule has 1 aromatic heterocycles. The van der Waals surface area contributed by atoms with Crippen molar-refractivity contribution in [2.45, 2.75) is 19.8 Å². The summed E-state index contributed by atoms with van der Waals surface area (Å²) in [5, 5.41) is 10.2. The number of rotatable bonds is 2. The lowest BCUT2D eigenvalue weighted by atomic mass is 9.96. The summed E-state index contributed by atoms with van der Waals surface area (Å²) in [6.07, 6.45) is 1.78. The number of fused-ring (bicyclic) bond motifs is 1. The Kier molecular flexibility index (Phi) is 2.95. The molecule has 0 atom stereocenters. The smallest absolute Gasteiger partial charge is 0.336 e. The third-order valence-electron chi connectivity index (χ3n) is 3.09. The van der Waals surface area contributed by atoms with Crippen molar-refractivity contribution in [3.63, 3.8) is 0 Å². The van der Waals surface area contributed by atoms with Crippen molar-refractivity contribution >= 4 is 16.7 Å². The van der Waals surface area contributed by atoms with E-state index in [4.69, 9.17) is 0 Å². The van der Waals surface area contributed by atoms with E-state index in [-0.39, 0.29) is 17.0 Å². The normalized spacial score (nSPS) is 11.1. The first-order valence-electron chi connectivity index (χ1n) is 5.79. The van der Waals surface area contributed by atoms with Crippen LogP contribution in [-0.2, 0) is 7.05 Å². The van der Waals surface area contributed by atoms with Crippen LogP contribution in [0.4, 0.5) is 0 Å². The zero-order chi connectivity index (χ0) is 13.4. The van der Waals surface area contributed by atoms with Crippen molar-refractivity contribution in [3.8, 4) is 0 Å². The number of aromatic carboxylic acids is 1. The van der Waals surface area contributed by atoms with Gasteiger partial charge < -0.3 is 9.67 Å². The molecule has 0 unspecified atom stereocenters. The van der Waals surface area contributed by atoms with E-state index in [0.29, 0.717) is 5.39 Å². The number of carboxylic acid groups (broad SMARTS) is 1. The van der Waals surface area contributed by atoms with Crippen molar-refractivity contribution in [1.29, 1.82) is 0 Å². The topological polar surface area (TPSA) is 59.3 Å². The molecule has 0 spiro atoms. The summed E-state index contributed by atoms with van der Waals surface area (Å²) in [6, 6.07) is 4.95. The molecule has 94 valence electrons. The Balaban J connectivity index is 3.03. The Bertz CT molecular complexity index is 683. The average Bonchev–Trinajstić information content (AvgIpc) is 2.32. The van der Waals surface area contributed by atoms with E-state index in [1.165, 1.54) is 10.6 Å². The quantitative estimate of drug-likeness (QED) is 0.883. The fourth-order valence-electron chi connectivity index (χ4n) is 2.17. The van der Waals surface area contributed by atoms with Crippen LogP contribution in [-0.4, -0.2) is 15.6 Å². The predicted molar refractivity (Wildman–Crippen MR) is 70.2 cm³/mol. The van der Waals surface area contributed by atoms with Crippen LogP contribution in [0.25, 0.3) is 10.8 Å². The van der Waals surface area contributed by atoms with Gasteiger partial charge in [0.15, 0.2) is 0 Å². The summed E-state index contributed by atoms with van der Waals surface area (Å²) < 4.78 is 1.45. The van der Waals surface area contributed by atoms with Gasteiger partial charge >= 0.3 is 5.97 Å². The molecule has 0 aliphatic rings. The third kappa shape index (κ3) is 1.79. The maximum atomic E-state index is 12.1. The molecular weight excluding hydrogens is 230 g/mol. The zero-order valence-corrected chi connectivity index (χ0v) is 10.6. The minimum absolute atomic E-state index is 0.0654. The first-order valence-corrected chi connectivity index (χ1v) is 5.79. The molecule has 18 heavy (non-hydrogen) atoms. The van der Waals surface area contributed by atoms with Gasteiger partial charge in [0.1, 0.15) is 0 Å². The molecule has 0 aliphatic carbocycles. The molecule has 2 rings (SSSR count). The Hall–Kier alpha value is -2.10. The molecule has 4 heteroatoms. The highest BCUT2D eigenvalue weighted by atomic mass is 16.4. The van der Waals surface area contributed by atoms with Crippen molar-refractivity contribution in [1.82, 2.24) is 4.57 Å². The van der Waals surface area contributed by atoms with E-state index in [9.17, 15) is 14.7 Å². The van der Waals surface area contributed by atoms with Crippen molar-refractivity contribution in [2.24, 2.45) is 7.05 Å². The summed E-state index contributed by atoms with van der Waals surface area (Å²) in [4.78, 5) is 23.3. The molecule has 4 nitrogen and oxygen atoms in total. The van der Waals surface area contributed by atoms with Gasteiger partial charge in [0, 0.05) is 13.2 Å². The molecular formula is C14H15NO3. The number of carbonyl (C=O) groups is 1. The average molecular weight is 245 g/mol. The summed E-state index contributed by atoms with van der Waals surface area (Å²) in [5.74, 6) is -0.845. The lowest BCUT2D eigenvalue weighted by molar-refractivity contribution is 0.0699. The van der Waals surface area contributed by atoms with E-state index in [1.807, 2.05) is 13.8 Å². The Morgan fingerprint density at radius 2 is 2.00 bits per heavy atom. The Morgan fingerprint density at radius 1 is 1.33 bits per heavy atom. The van der Waals surface area contributed by atoms with Gasteiger partial charge in [-0.25, -0.2) is 4.79 Å².